The normalized spacial score (nSPS) is 24.0. The largest absolute Gasteiger partial charge is 0.372 e. The molecule has 100 valence electrons. The molecule has 0 aromatic heterocycles. The fraction of sp³-hybridized carbons (Fsp3) is 0.571. The van der Waals surface area contributed by atoms with Gasteiger partial charge in [-0.05, 0) is 44.9 Å². The maximum Gasteiger partial charge on any atom is 0.160 e. The van der Waals surface area contributed by atoms with E-state index in [1.807, 2.05) is 14.1 Å². The molecule has 0 amide bonds. The van der Waals surface area contributed by atoms with Gasteiger partial charge in [-0.25, -0.2) is 8.78 Å². The number of benzene rings is 1. The number of halogens is 2. The SMILES string of the molecule is CNC1CCC(N(C)c2ccc(F)c(F)c2)CC1. The van der Waals surface area contributed by atoms with Crippen LogP contribution in [0.25, 0.3) is 0 Å². The summed E-state index contributed by atoms with van der Waals surface area (Å²) in [5.41, 5.74) is 0.752. The van der Waals surface area contributed by atoms with E-state index in [-0.39, 0.29) is 0 Å². The van der Waals surface area contributed by atoms with Crippen LogP contribution >= 0.6 is 0 Å². The van der Waals surface area contributed by atoms with Gasteiger partial charge in [0.2, 0.25) is 0 Å². The maximum absolute atomic E-state index is 13.2. The Morgan fingerprint density at radius 1 is 1.11 bits per heavy atom. The second kappa shape index (κ2) is 5.65. The zero-order chi connectivity index (χ0) is 13.1. The zero-order valence-corrected chi connectivity index (χ0v) is 10.9. The first-order chi connectivity index (χ1) is 8.61. The molecule has 0 aliphatic heterocycles. The van der Waals surface area contributed by atoms with Gasteiger partial charge in [0.25, 0.3) is 0 Å². The van der Waals surface area contributed by atoms with Gasteiger partial charge in [-0.15, -0.1) is 0 Å². The Balaban J connectivity index is 2.03. The molecule has 0 radical (unpaired) electrons. The number of anilines is 1. The zero-order valence-electron chi connectivity index (χ0n) is 10.9. The van der Waals surface area contributed by atoms with E-state index in [0.717, 1.165) is 31.4 Å². The van der Waals surface area contributed by atoms with E-state index in [1.54, 1.807) is 6.07 Å². The summed E-state index contributed by atoms with van der Waals surface area (Å²) in [4.78, 5) is 2.06. The van der Waals surface area contributed by atoms with Crippen molar-refractivity contribution < 1.29 is 8.78 Å². The summed E-state index contributed by atoms with van der Waals surface area (Å²) in [6, 6.07) is 5.13. The predicted octanol–water partition coefficient (Wildman–Crippen LogP) is 2.93. The van der Waals surface area contributed by atoms with Crippen molar-refractivity contribution in [2.24, 2.45) is 0 Å². The van der Waals surface area contributed by atoms with Crippen LogP contribution < -0.4 is 10.2 Å². The first-order valence-corrected chi connectivity index (χ1v) is 6.47. The quantitative estimate of drug-likeness (QED) is 0.892. The highest BCUT2D eigenvalue weighted by Crippen LogP contribution is 2.27. The molecule has 4 heteroatoms. The van der Waals surface area contributed by atoms with E-state index >= 15 is 0 Å². The fourth-order valence-electron chi connectivity index (χ4n) is 2.67. The van der Waals surface area contributed by atoms with E-state index in [9.17, 15) is 8.78 Å². The predicted molar refractivity (Wildman–Crippen MR) is 69.9 cm³/mol. The summed E-state index contributed by atoms with van der Waals surface area (Å²) in [6.45, 7) is 0. The molecule has 0 saturated heterocycles. The molecule has 1 fully saturated rings. The first-order valence-electron chi connectivity index (χ1n) is 6.47. The van der Waals surface area contributed by atoms with Crippen LogP contribution in [0.5, 0.6) is 0 Å². The lowest BCUT2D eigenvalue weighted by molar-refractivity contribution is 0.351. The van der Waals surface area contributed by atoms with Crippen LogP contribution in [-0.2, 0) is 0 Å². The molecule has 1 aliphatic carbocycles. The third-order valence-corrected chi connectivity index (χ3v) is 3.96. The third kappa shape index (κ3) is 2.80. The van der Waals surface area contributed by atoms with Crippen molar-refractivity contribution in [1.29, 1.82) is 0 Å². The van der Waals surface area contributed by atoms with Gasteiger partial charge in [0.1, 0.15) is 0 Å². The van der Waals surface area contributed by atoms with Crippen molar-refractivity contribution in [3.05, 3.63) is 29.8 Å². The standard InChI is InChI=1S/C14H20F2N2/c1-17-10-3-5-11(6-4-10)18(2)12-7-8-13(15)14(16)9-12/h7-11,17H,3-6H2,1-2H3. The van der Waals surface area contributed by atoms with Crippen LogP contribution in [0.3, 0.4) is 0 Å². The Labute approximate surface area is 107 Å². The van der Waals surface area contributed by atoms with Crippen molar-refractivity contribution in [3.63, 3.8) is 0 Å². The lowest BCUT2D eigenvalue weighted by atomic mass is 9.90. The van der Waals surface area contributed by atoms with Crippen LogP contribution in [0, 0.1) is 11.6 Å². The highest BCUT2D eigenvalue weighted by atomic mass is 19.2. The van der Waals surface area contributed by atoms with Crippen LogP contribution in [0.15, 0.2) is 18.2 Å². The number of hydrogen-bond donors (Lipinski definition) is 1. The van der Waals surface area contributed by atoms with Crippen molar-refractivity contribution >= 4 is 5.69 Å². The van der Waals surface area contributed by atoms with Gasteiger partial charge in [-0.3, -0.25) is 0 Å². The van der Waals surface area contributed by atoms with Crippen LogP contribution in [0.4, 0.5) is 14.5 Å². The Kier molecular flexibility index (Phi) is 4.17. The fourth-order valence-corrected chi connectivity index (χ4v) is 2.67. The Bertz CT molecular complexity index is 401. The monoisotopic (exact) mass is 254 g/mol. The molecule has 0 bridgehead atoms. The first kappa shape index (κ1) is 13.3. The minimum Gasteiger partial charge on any atom is -0.372 e. The number of hydrogen-bond acceptors (Lipinski definition) is 2. The van der Waals surface area contributed by atoms with Crippen molar-refractivity contribution in [2.75, 3.05) is 19.0 Å². The Morgan fingerprint density at radius 3 is 2.33 bits per heavy atom. The Hall–Kier alpha value is -1.16. The van der Waals surface area contributed by atoms with Gasteiger partial charge in [0, 0.05) is 30.9 Å². The van der Waals surface area contributed by atoms with E-state index in [1.165, 1.54) is 12.1 Å². The van der Waals surface area contributed by atoms with Crippen LogP contribution in [-0.4, -0.2) is 26.2 Å². The summed E-state index contributed by atoms with van der Waals surface area (Å²) in [5, 5.41) is 3.29. The van der Waals surface area contributed by atoms with Crippen LogP contribution in [0.2, 0.25) is 0 Å². The average Bonchev–Trinajstić information content (AvgIpc) is 2.41. The molecule has 0 heterocycles. The molecular weight excluding hydrogens is 234 g/mol. The molecule has 2 rings (SSSR count). The van der Waals surface area contributed by atoms with Crippen molar-refractivity contribution in [3.8, 4) is 0 Å². The van der Waals surface area contributed by atoms with Gasteiger partial charge in [0.15, 0.2) is 11.6 Å². The molecule has 1 N–H and O–H groups in total. The Morgan fingerprint density at radius 2 is 1.78 bits per heavy atom. The molecule has 1 saturated carbocycles. The highest BCUT2D eigenvalue weighted by molar-refractivity contribution is 5.47. The molecule has 2 nitrogen and oxygen atoms in total. The molecule has 0 atom stereocenters. The number of nitrogens with zero attached hydrogens (tertiary/aromatic N) is 1. The molecule has 1 aromatic rings. The minimum atomic E-state index is -0.786. The summed E-state index contributed by atoms with van der Waals surface area (Å²) in [6.07, 6.45) is 4.44. The summed E-state index contributed by atoms with van der Waals surface area (Å²) in [5.74, 6) is -1.56. The summed E-state index contributed by atoms with van der Waals surface area (Å²) < 4.78 is 26.1. The van der Waals surface area contributed by atoms with Gasteiger partial charge in [0.05, 0.1) is 0 Å². The van der Waals surface area contributed by atoms with Gasteiger partial charge < -0.3 is 10.2 Å². The molecular formula is C14H20F2N2. The lowest BCUT2D eigenvalue weighted by Crippen LogP contribution is -2.39. The van der Waals surface area contributed by atoms with Crippen LogP contribution in [0.1, 0.15) is 25.7 Å². The minimum absolute atomic E-state index is 0.416. The maximum atomic E-state index is 13.2. The smallest absolute Gasteiger partial charge is 0.160 e. The van der Waals surface area contributed by atoms with E-state index in [4.69, 9.17) is 0 Å². The molecule has 0 spiro atoms. The number of rotatable bonds is 3. The molecule has 0 unspecified atom stereocenters. The number of nitrogens with one attached hydrogen (secondary N) is 1. The van der Waals surface area contributed by atoms with E-state index in [2.05, 4.69) is 10.2 Å². The highest BCUT2D eigenvalue weighted by Gasteiger charge is 2.23. The van der Waals surface area contributed by atoms with Gasteiger partial charge >= 0.3 is 0 Å². The van der Waals surface area contributed by atoms with Gasteiger partial charge in [-0.2, -0.15) is 0 Å². The third-order valence-electron chi connectivity index (χ3n) is 3.96. The molecule has 1 aliphatic rings. The lowest BCUT2D eigenvalue weighted by Gasteiger charge is -2.36. The van der Waals surface area contributed by atoms with Crippen molar-refractivity contribution in [1.82, 2.24) is 5.32 Å². The second-order valence-electron chi connectivity index (χ2n) is 5.00. The van der Waals surface area contributed by atoms with E-state index < -0.39 is 11.6 Å². The van der Waals surface area contributed by atoms with E-state index in [0.29, 0.717) is 12.1 Å². The van der Waals surface area contributed by atoms with Gasteiger partial charge in [-0.1, -0.05) is 0 Å². The topological polar surface area (TPSA) is 15.3 Å². The summed E-state index contributed by atoms with van der Waals surface area (Å²) in [7, 11) is 3.95. The molecule has 18 heavy (non-hydrogen) atoms. The summed E-state index contributed by atoms with van der Waals surface area (Å²) >= 11 is 0. The molecule has 1 aromatic carbocycles. The second-order valence-corrected chi connectivity index (χ2v) is 5.00. The van der Waals surface area contributed by atoms with Crippen molar-refractivity contribution in [2.45, 2.75) is 37.8 Å². The average molecular weight is 254 g/mol.